The van der Waals surface area contributed by atoms with E-state index in [9.17, 15) is 13.2 Å². The minimum atomic E-state index is -4.51. The van der Waals surface area contributed by atoms with Crippen molar-refractivity contribution < 1.29 is 13.2 Å². The van der Waals surface area contributed by atoms with Crippen LogP contribution >= 0.6 is 11.8 Å². The quantitative estimate of drug-likeness (QED) is 0.905. The number of hydrogen-bond acceptors (Lipinski definition) is 3. The van der Waals surface area contributed by atoms with Gasteiger partial charge in [0.25, 0.3) is 0 Å². The fourth-order valence-electron chi connectivity index (χ4n) is 2.25. The van der Waals surface area contributed by atoms with Gasteiger partial charge in [-0.15, -0.1) is 0 Å². The predicted molar refractivity (Wildman–Crippen MR) is 74.7 cm³/mol. The van der Waals surface area contributed by atoms with Crippen LogP contribution in [0.1, 0.15) is 30.9 Å². The van der Waals surface area contributed by atoms with Crippen molar-refractivity contribution in [2.24, 2.45) is 0 Å². The van der Waals surface area contributed by atoms with Crippen LogP contribution in [0.4, 0.5) is 18.9 Å². The first-order valence-electron chi connectivity index (χ1n) is 6.33. The van der Waals surface area contributed by atoms with E-state index in [-0.39, 0.29) is 10.3 Å². The number of nitrogens with zero attached hydrogens (tertiary/aromatic N) is 1. The molecule has 0 radical (unpaired) electrons. The molecule has 1 aromatic rings. The second-order valence-corrected chi connectivity index (χ2v) is 6.81. The molecule has 1 atom stereocenters. The molecular weight excluding hydrogens is 285 g/mol. The van der Waals surface area contributed by atoms with Crippen LogP contribution in [-0.2, 0) is 6.18 Å². The van der Waals surface area contributed by atoms with Crippen LogP contribution in [-0.4, -0.2) is 17.0 Å². The lowest BCUT2D eigenvalue weighted by molar-refractivity contribution is -0.137. The largest absolute Gasteiger partial charge is 0.417 e. The monoisotopic (exact) mass is 300 g/mol. The summed E-state index contributed by atoms with van der Waals surface area (Å²) in [6.07, 6.45) is -2.30. The Labute approximate surface area is 120 Å². The van der Waals surface area contributed by atoms with Gasteiger partial charge in [-0.25, -0.2) is 0 Å². The van der Waals surface area contributed by atoms with Crippen molar-refractivity contribution in [1.82, 2.24) is 0 Å². The summed E-state index contributed by atoms with van der Waals surface area (Å²) in [5.41, 5.74) is -0.816. The van der Waals surface area contributed by atoms with Gasteiger partial charge in [0.1, 0.15) is 0 Å². The number of halogens is 3. The Morgan fingerprint density at radius 3 is 2.75 bits per heavy atom. The Bertz CT molecular complexity index is 528. The van der Waals surface area contributed by atoms with Crippen molar-refractivity contribution in [3.05, 3.63) is 29.3 Å². The van der Waals surface area contributed by atoms with Crippen LogP contribution in [0.3, 0.4) is 0 Å². The second kappa shape index (κ2) is 5.57. The third kappa shape index (κ3) is 3.40. The van der Waals surface area contributed by atoms with Crippen LogP contribution in [0.15, 0.2) is 18.2 Å². The molecule has 1 aromatic carbocycles. The highest BCUT2D eigenvalue weighted by atomic mass is 32.2. The van der Waals surface area contributed by atoms with Gasteiger partial charge in [-0.3, -0.25) is 0 Å². The number of alkyl halides is 3. The third-order valence-corrected chi connectivity index (χ3v) is 4.95. The van der Waals surface area contributed by atoms with Gasteiger partial charge in [-0.2, -0.15) is 30.2 Å². The average Bonchev–Trinajstić information content (AvgIpc) is 2.82. The zero-order chi connectivity index (χ0) is 14.8. The molecule has 1 saturated heterocycles. The molecular formula is C14H15F3N2S. The van der Waals surface area contributed by atoms with Crippen molar-refractivity contribution in [3.8, 4) is 6.07 Å². The van der Waals surface area contributed by atoms with Crippen molar-refractivity contribution in [2.75, 3.05) is 17.6 Å². The summed E-state index contributed by atoms with van der Waals surface area (Å²) in [5, 5.41) is 11.8. The minimum Gasteiger partial charge on any atom is -0.384 e. The van der Waals surface area contributed by atoms with E-state index in [2.05, 4.69) is 12.2 Å². The first-order chi connectivity index (χ1) is 9.34. The van der Waals surface area contributed by atoms with E-state index in [4.69, 9.17) is 5.26 Å². The molecule has 1 aliphatic rings. The third-order valence-electron chi connectivity index (χ3n) is 3.41. The lowest BCUT2D eigenvalue weighted by atomic mass is 10.0. The summed E-state index contributed by atoms with van der Waals surface area (Å²) in [6.45, 7) is 2.74. The Kier molecular flexibility index (Phi) is 4.19. The Morgan fingerprint density at radius 1 is 1.45 bits per heavy atom. The number of nitriles is 1. The summed E-state index contributed by atoms with van der Waals surface area (Å²) >= 11 is 1.84. The molecule has 1 unspecified atom stereocenters. The summed E-state index contributed by atoms with van der Waals surface area (Å²) in [6, 6.07) is 5.34. The zero-order valence-electron chi connectivity index (χ0n) is 11.0. The maximum Gasteiger partial charge on any atom is 0.417 e. The maximum atomic E-state index is 12.8. The number of nitrogens with one attached hydrogen (secondary N) is 1. The first-order valence-corrected chi connectivity index (χ1v) is 7.32. The lowest BCUT2D eigenvalue weighted by Gasteiger charge is -2.24. The number of thioether (sulfide) groups is 1. The zero-order valence-corrected chi connectivity index (χ0v) is 11.9. The molecule has 0 aromatic heterocycles. The molecule has 1 fully saturated rings. The van der Waals surface area contributed by atoms with E-state index >= 15 is 0 Å². The molecule has 1 N–H and O–H groups in total. The highest BCUT2D eigenvalue weighted by Gasteiger charge is 2.34. The second-order valence-electron chi connectivity index (χ2n) is 5.13. The van der Waals surface area contributed by atoms with E-state index in [1.807, 2.05) is 11.8 Å². The van der Waals surface area contributed by atoms with Crippen molar-refractivity contribution in [2.45, 2.75) is 30.7 Å². The van der Waals surface area contributed by atoms with Crippen LogP contribution in [0.25, 0.3) is 0 Å². The van der Waals surface area contributed by atoms with Crippen molar-refractivity contribution in [3.63, 3.8) is 0 Å². The highest BCUT2D eigenvalue weighted by molar-refractivity contribution is 8.00. The van der Waals surface area contributed by atoms with Crippen molar-refractivity contribution >= 4 is 17.4 Å². The van der Waals surface area contributed by atoms with E-state index in [1.54, 1.807) is 6.07 Å². The van der Waals surface area contributed by atoms with Crippen LogP contribution < -0.4 is 5.32 Å². The molecule has 0 bridgehead atoms. The van der Waals surface area contributed by atoms with Crippen LogP contribution in [0.5, 0.6) is 0 Å². The number of benzene rings is 1. The van der Waals surface area contributed by atoms with Crippen molar-refractivity contribution in [1.29, 1.82) is 5.26 Å². The molecule has 0 amide bonds. The maximum absolute atomic E-state index is 12.8. The smallest absolute Gasteiger partial charge is 0.384 e. The van der Waals surface area contributed by atoms with Gasteiger partial charge in [0.15, 0.2) is 0 Å². The van der Waals surface area contributed by atoms with Gasteiger partial charge in [0.05, 0.1) is 17.2 Å². The predicted octanol–water partition coefficient (Wildman–Crippen LogP) is 4.27. The van der Waals surface area contributed by atoms with E-state index in [0.29, 0.717) is 12.2 Å². The molecule has 1 aliphatic heterocycles. The Balaban J connectivity index is 2.15. The summed E-state index contributed by atoms with van der Waals surface area (Å²) in [7, 11) is 0. The molecule has 20 heavy (non-hydrogen) atoms. The summed E-state index contributed by atoms with van der Waals surface area (Å²) in [4.78, 5) is 0. The van der Waals surface area contributed by atoms with Gasteiger partial charge in [-0.05, 0) is 43.7 Å². The molecule has 0 saturated carbocycles. The molecule has 1 heterocycles. The van der Waals surface area contributed by atoms with Gasteiger partial charge in [-0.1, -0.05) is 0 Å². The van der Waals surface area contributed by atoms with Gasteiger partial charge < -0.3 is 5.32 Å². The van der Waals surface area contributed by atoms with Crippen LogP contribution in [0, 0.1) is 11.3 Å². The average molecular weight is 300 g/mol. The van der Waals surface area contributed by atoms with E-state index in [0.717, 1.165) is 24.7 Å². The molecule has 0 aliphatic carbocycles. The Morgan fingerprint density at radius 2 is 2.20 bits per heavy atom. The topological polar surface area (TPSA) is 35.8 Å². The molecule has 2 rings (SSSR count). The fourth-order valence-corrected chi connectivity index (χ4v) is 3.50. The Hall–Kier alpha value is -1.35. The summed E-state index contributed by atoms with van der Waals surface area (Å²) < 4.78 is 38.6. The molecule has 0 spiro atoms. The number of rotatable bonds is 3. The standard InChI is InChI=1S/C14H15F3N2S/c1-13(5-2-6-20-13)9-19-11-4-3-10(8-18)12(7-11)14(15,16)17/h3-4,7,19H,2,5-6,9H2,1H3. The van der Waals surface area contributed by atoms with Gasteiger partial charge in [0, 0.05) is 17.0 Å². The lowest BCUT2D eigenvalue weighted by Crippen LogP contribution is -2.27. The molecule has 108 valence electrons. The minimum absolute atomic E-state index is 0.0757. The van der Waals surface area contributed by atoms with Gasteiger partial charge >= 0.3 is 6.18 Å². The van der Waals surface area contributed by atoms with Crippen LogP contribution in [0.2, 0.25) is 0 Å². The first kappa shape index (κ1) is 15.0. The van der Waals surface area contributed by atoms with E-state index < -0.39 is 11.7 Å². The number of anilines is 1. The molecule has 6 heteroatoms. The fraction of sp³-hybridized carbons (Fsp3) is 0.500. The normalized spacial score (nSPS) is 22.6. The van der Waals surface area contributed by atoms with Gasteiger partial charge in [0.2, 0.25) is 0 Å². The highest BCUT2D eigenvalue weighted by Crippen LogP contribution is 2.38. The van der Waals surface area contributed by atoms with E-state index in [1.165, 1.54) is 12.1 Å². The summed E-state index contributed by atoms with van der Waals surface area (Å²) in [5.74, 6) is 1.10. The number of hydrogen-bond donors (Lipinski definition) is 1. The SMILES string of the molecule is CC1(CNc2ccc(C#N)c(C(F)(F)F)c2)CCCS1. The molecule has 2 nitrogen and oxygen atoms in total.